The van der Waals surface area contributed by atoms with Crippen molar-refractivity contribution in [1.82, 2.24) is 5.32 Å². The molecule has 0 radical (unpaired) electrons. The summed E-state index contributed by atoms with van der Waals surface area (Å²) >= 11 is 11.9. The third kappa shape index (κ3) is 4.04. The molecule has 7 heteroatoms. The lowest BCUT2D eigenvalue weighted by Crippen LogP contribution is -2.46. The van der Waals surface area contributed by atoms with E-state index in [1.165, 1.54) is 19.1 Å². The van der Waals surface area contributed by atoms with Crippen molar-refractivity contribution in [1.29, 1.82) is 0 Å². The molecule has 0 saturated carbocycles. The molecule has 2 aromatic rings. The SMILES string of the molecule is C[C@@](CC=O)(NC(=O)Oc1ccccc1)c1c(Cl)ccc(Cl)c1F. The van der Waals surface area contributed by atoms with Gasteiger partial charge in [-0.2, -0.15) is 0 Å². The van der Waals surface area contributed by atoms with E-state index in [-0.39, 0.29) is 22.0 Å². The molecule has 0 bridgehead atoms. The summed E-state index contributed by atoms with van der Waals surface area (Å²) in [5.74, 6) is -0.491. The zero-order chi connectivity index (χ0) is 17.7. The number of benzene rings is 2. The fourth-order valence-electron chi connectivity index (χ4n) is 2.26. The quantitative estimate of drug-likeness (QED) is 0.612. The van der Waals surface area contributed by atoms with Crippen LogP contribution >= 0.6 is 23.2 Å². The Morgan fingerprint density at radius 1 is 1.21 bits per heavy atom. The Hall–Kier alpha value is -2.11. The van der Waals surface area contributed by atoms with Crippen LogP contribution in [0.25, 0.3) is 0 Å². The van der Waals surface area contributed by atoms with Crippen LogP contribution in [0.1, 0.15) is 18.9 Å². The van der Waals surface area contributed by atoms with Gasteiger partial charge in [-0.05, 0) is 31.2 Å². The molecule has 2 rings (SSSR count). The minimum Gasteiger partial charge on any atom is -0.410 e. The fraction of sp³-hybridized carbons (Fsp3) is 0.176. The Balaban J connectivity index is 2.33. The highest BCUT2D eigenvalue weighted by Gasteiger charge is 2.35. The lowest BCUT2D eigenvalue weighted by molar-refractivity contribution is -0.109. The predicted molar refractivity (Wildman–Crippen MR) is 90.1 cm³/mol. The highest BCUT2D eigenvalue weighted by molar-refractivity contribution is 6.33. The molecule has 0 aliphatic rings. The van der Waals surface area contributed by atoms with Crippen molar-refractivity contribution in [2.24, 2.45) is 0 Å². The van der Waals surface area contributed by atoms with Gasteiger partial charge in [0.1, 0.15) is 17.9 Å². The fourth-order valence-corrected chi connectivity index (χ4v) is 2.77. The van der Waals surface area contributed by atoms with E-state index < -0.39 is 17.4 Å². The molecule has 1 atom stereocenters. The molecule has 0 unspecified atom stereocenters. The molecule has 24 heavy (non-hydrogen) atoms. The summed E-state index contributed by atoms with van der Waals surface area (Å²) in [6.07, 6.45) is -0.506. The van der Waals surface area contributed by atoms with E-state index in [0.717, 1.165) is 0 Å². The lowest BCUT2D eigenvalue weighted by atomic mass is 9.88. The van der Waals surface area contributed by atoms with Gasteiger partial charge in [0.25, 0.3) is 0 Å². The van der Waals surface area contributed by atoms with Gasteiger partial charge in [0.05, 0.1) is 10.6 Å². The first-order valence-corrected chi connectivity index (χ1v) is 7.75. The summed E-state index contributed by atoms with van der Waals surface area (Å²) in [5, 5.41) is 2.37. The van der Waals surface area contributed by atoms with E-state index >= 15 is 0 Å². The summed E-state index contributed by atoms with van der Waals surface area (Å²) in [6, 6.07) is 11.0. The second-order valence-corrected chi connectivity index (χ2v) is 6.06. The summed E-state index contributed by atoms with van der Waals surface area (Å²) in [7, 11) is 0. The Labute approximate surface area is 148 Å². The average Bonchev–Trinajstić information content (AvgIpc) is 2.52. The summed E-state index contributed by atoms with van der Waals surface area (Å²) in [5.41, 5.74) is -1.49. The molecule has 0 spiro atoms. The van der Waals surface area contributed by atoms with Crippen LogP contribution < -0.4 is 10.1 Å². The number of carbonyl (C=O) groups excluding carboxylic acids is 2. The standard InChI is InChI=1S/C17H14Cl2FNO3/c1-17(9-10-22,14-12(18)7-8-13(19)15(14)20)21-16(23)24-11-5-3-2-4-6-11/h2-8,10H,9H2,1H3,(H,21,23)/t17-/m0/s1. The largest absolute Gasteiger partial charge is 0.413 e. The second-order valence-electron chi connectivity index (χ2n) is 5.25. The smallest absolute Gasteiger partial charge is 0.410 e. The molecule has 0 heterocycles. The Morgan fingerprint density at radius 3 is 2.46 bits per heavy atom. The van der Waals surface area contributed by atoms with Gasteiger partial charge in [-0.3, -0.25) is 0 Å². The molecule has 0 aromatic heterocycles. The van der Waals surface area contributed by atoms with Crippen molar-refractivity contribution in [2.45, 2.75) is 18.9 Å². The molecular formula is C17H14Cl2FNO3. The van der Waals surface area contributed by atoms with Gasteiger partial charge in [0.2, 0.25) is 0 Å². The molecular weight excluding hydrogens is 356 g/mol. The normalized spacial score (nSPS) is 13.0. The molecule has 0 aliphatic carbocycles. The maximum absolute atomic E-state index is 14.4. The molecule has 0 saturated heterocycles. The van der Waals surface area contributed by atoms with Crippen molar-refractivity contribution < 1.29 is 18.7 Å². The highest BCUT2D eigenvalue weighted by Crippen LogP contribution is 2.35. The molecule has 2 aromatic carbocycles. The van der Waals surface area contributed by atoms with Gasteiger partial charge in [-0.15, -0.1) is 0 Å². The molecule has 126 valence electrons. The van der Waals surface area contributed by atoms with Crippen LogP contribution in [0.2, 0.25) is 10.0 Å². The van der Waals surface area contributed by atoms with Crippen LogP contribution in [-0.4, -0.2) is 12.4 Å². The van der Waals surface area contributed by atoms with Crippen LogP contribution in [0.5, 0.6) is 5.75 Å². The van der Waals surface area contributed by atoms with Crippen LogP contribution in [0.15, 0.2) is 42.5 Å². The van der Waals surface area contributed by atoms with Crippen molar-refractivity contribution >= 4 is 35.6 Å². The van der Waals surface area contributed by atoms with Crippen molar-refractivity contribution in [3.8, 4) is 5.75 Å². The highest BCUT2D eigenvalue weighted by atomic mass is 35.5. The average molecular weight is 370 g/mol. The number of halogens is 3. The number of amides is 1. The molecule has 0 aliphatic heterocycles. The van der Waals surface area contributed by atoms with Gasteiger partial charge < -0.3 is 14.8 Å². The van der Waals surface area contributed by atoms with Gasteiger partial charge >= 0.3 is 6.09 Å². The van der Waals surface area contributed by atoms with Crippen molar-refractivity contribution in [3.63, 3.8) is 0 Å². The van der Waals surface area contributed by atoms with E-state index in [4.69, 9.17) is 27.9 Å². The predicted octanol–water partition coefficient (Wildman–Crippen LogP) is 4.73. The van der Waals surface area contributed by atoms with Crippen molar-refractivity contribution in [3.05, 3.63) is 63.9 Å². The van der Waals surface area contributed by atoms with Crippen LogP contribution in [0.4, 0.5) is 9.18 Å². The number of ether oxygens (including phenoxy) is 1. The van der Waals surface area contributed by atoms with Crippen LogP contribution in [0.3, 0.4) is 0 Å². The molecule has 0 fully saturated rings. The van der Waals surface area contributed by atoms with E-state index in [1.54, 1.807) is 30.3 Å². The summed E-state index contributed by atoms with van der Waals surface area (Å²) < 4.78 is 19.6. The third-order valence-corrected chi connectivity index (χ3v) is 4.03. The van der Waals surface area contributed by atoms with E-state index in [1.807, 2.05) is 0 Å². The first-order chi connectivity index (χ1) is 11.4. The van der Waals surface area contributed by atoms with Gasteiger partial charge in [0, 0.05) is 17.0 Å². The van der Waals surface area contributed by atoms with E-state index in [0.29, 0.717) is 12.0 Å². The Morgan fingerprint density at radius 2 is 1.83 bits per heavy atom. The molecule has 1 N–H and O–H groups in total. The molecule has 4 nitrogen and oxygen atoms in total. The van der Waals surface area contributed by atoms with Gasteiger partial charge in [0.15, 0.2) is 0 Å². The first kappa shape index (κ1) is 18.2. The van der Waals surface area contributed by atoms with Crippen LogP contribution in [0, 0.1) is 5.82 Å². The van der Waals surface area contributed by atoms with Crippen LogP contribution in [-0.2, 0) is 10.3 Å². The summed E-state index contributed by atoms with van der Waals surface area (Å²) in [6.45, 7) is 1.47. The van der Waals surface area contributed by atoms with Crippen molar-refractivity contribution in [2.75, 3.05) is 0 Å². The topological polar surface area (TPSA) is 55.4 Å². The minimum atomic E-state index is -1.42. The monoisotopic (exact) mass is 369 g/mol. The van der Waals surface area contributed by atoms with Gasteiger partial charge in [-0.25, -0.2) is 9.18 Å². The number of nitrogens with one attached hydrogen (secondary N) is 1. The number of aldehydes is 1. The number of para-hydroxylation sites is 1. The maximum Gasteiger partial charge on any atom is 0.413 e. The second kappa shape index (κ2) is 7.64. The molecule has 1 amide bonds. The Bertz CT molecular complexity index is 755. The third-order valence-electron chi connectivity index (χ3n) is 3.42. The van der Waals surface area contributed by atoms with Gasteiger partial charge in [-0.1, -0.05) is 41.4 Å². The number of hydrogen-bond donors (Lipinski definition) is 1. The number of carbonyl (C=O) groups is 2. The summed E-state index contributed by atoms with van der Waals surface area (Å²) in [4.78, 5) is 23.2. The Kier molecular flexibility index (Phi) is 5.80. The number of hydrogen-bond acceptors (Lipinski definition) is 3. The van der Waals surface area contributed by atoms with E-state index in [9.17, 15) is 14.0 Å². The zero-order valence-electron chi connectivity index (χ0n) is 12.7. The number of rotatable bonds is 5. The first-order valence-electron chi connectivity index (χ1n) is 7.00. The van der Waals surface area contributed by atoms with E-state index in [2.05, 4.69) is 5.32 Å². The lowest BCUT2D eigenvalue weighted by Gasteiger charge is -2.30. The minimum absolute atomic E-state index is 0.0428. The maximum atomic E-state index is 14.4. The zero-order valence-corrected chi connectivity index (χ0v) is 14.2.